The summed E-state index contributed by atoms with van der Waals surface area (Å²) in [6, 6.07) is 6.72. The molecule has 5 nitrogen and oxygen atoms in total. The molecule has 6 heteroatoms. The Labute approximate surface area is 128 Å². The van der Waals surface area contributed by atoms with Crippen LogP contribution >= 0.6 is 11.6 Å². The van der Waals surface area contributed by atoms with Crippen LogP contribution in [0, 0.1) is 0 Å². The van der Waals surface area contributed by atoms with Gasteiger partial charge in [-0.15, -0.1) is 0 Å². The molecule has 0 aliphatic heterocycles. The molecule has 1 amide bonds. The van der Waals surface area contributed by atoms with Gasteiger partial charge in [-0.1, -0.05) is 30.5 Å². The van der Waals surface area contributed by atoms with E-state index < -0.39 is 23.5 Å². The number of carbonyl (C=O) groups excluding carboxylic acids is 1. The third-order valence-electron chi connectivity index (χ3n) is 3.71. The Kier molecular flexibility index (Phi) is 4.73. The van der Waals surface area contributed by atoms with Crippen molar-refractivity contribution in [1.29, 1.82) is 0 Å². The molecule has 2 N–H and O–H groups in total. The highest BCUT2D eigenvalue weighted by molar-refractivity contribution is 6.30. The van der Waals surface area contributed by atoms with Gasteiger partial charge in [0.05, 0.1) is 0 Å². The van der Waals surface area contributed by atoms with Crippen molar-refractivity contribution >= 4 is 23.5 Å². The zero-order chi connectivity index (χ0) is 15.5. The van der Waals surface area contributed by atoms with Crippen molar-refractivity contribution in [3.63, 3.8) is 0 Å². The van der Waals surface area contributed by atoms with E-state index in [2.05, 4.69) is 5.32 Å². The van der Waals surface area contributed by atoms with Crippen molar-refractivity contribution < 1.29 is 19.4 Å². The number of halogens is 1. The second kappa shape index (κ2) is 6.35. The molecule has 1 aliphatic carbocycles. The molecule has 0 bridgehead atoms. The van der Waals surface area contributed by atoms with Gasteiger partial charge in [-0.3, -0.25) is 4.79 Å². The van der Waals surface area contributed by atoms with Crippen LogP contribution in [0.1, 0.15) is 32.6 Å². The van der Waals surface area contributed by atoms with Gasteiger partial charge in [0.1, 0.15) is 11.3 Å². The monoisotopic (exact) mass is 311 g/mol. The summed E-state index contributed by atoms with van der Waals surface area (Å²) >= 11 is 5.85. The Morgan fingerprint density at radius 2 is 2.05 bits per heavy atom. The average Bonchev–Trinajstić information content (AvgIpc) is 2.88. The second-order valence-corrected chi connectivity index (χ2v) is 5.74. The molecule has 1 aromatic carbocycles. The van der Waals surface area contributed by atoms with E-state index in [4.69, 9.17) is 16.3 Å². The molecule has 0 aromatic heterocycles. The highest BCUT2D eigenvalue weighted by atomic mass is 35.5. The van der Waals surface area contributed by atoms with Crippen molar-refractivity contribution in [2.75, 3.05) is 0 Å². The minimum absolute atomic E-state index is 0.431. The summed E-state index contributed by atoms with van der Waals surface area (Å²) < 4.78 is 5.50. The van der Waals surface area contributed by atoms with Crippen molar-refractivity contribution in [3.05, 3.63) is 29.3 Å². The fraction of sp³-hybridized carbons (Fsp3) is 0.467. The number of nitrogens with one attached hydrogen (secondary N) is 1. The van der Waals surface area contributed by atoms with E-state index in [0.717, 1.165) is 12.8 Å². The fourth-order valence-electron chi connectivity index (χ4n) is 2.51. The van der Waals surface area contributed by atoms with Crippen LogP contribution < -0.4 is 10.1 Å². The Bertz CT molecular complexity index is 540. The summed E-state index contributed by atoms with van der Waals surface area (Å²) in [5, 5.41) is 12.5. The molecular formula is C15H18ClNO4. The third kappa shape index (κ3) is 3.67. The van der Waals surface area contributed by atoms with Crippen molar-refractivity contribution in [2.45, 2.75) is 44.2 Å². The van der Waals surface area contributed by atoms with E-state index in [1.54, 1.807) is 31.2 Å². The van der Waals surface area contributed by atoms with E-state index in [-0.39, 0.29) is 0 Å². The van der Waals surface area contributed by atoms with Gasteiger partial charge in [0, 0.05) is 5.02 Å². The predicted octanol–water partition coefficient (Wildman–Crippen LogP) is 2.62. The first-order valence-corrected chi connectivity index (χ1v) is 7.28. The van der Waals surface area contributed by atoms with Crippen LogP contribution in [-0.2, 0) is 9.59 Å². The average molecular weight is 312 g/mol. The standard InChI is InChI=1S/C15H18ClNO4/c1-10(21-12-6-4-5-11(16)9-12)13(18)17-15(14(19)20)7-2-3-8-15/h4-6,9-10H,2-3,7-8H2,1H3,(H,17,18)(H,19,20). The van der Waals surface area contributed by atoms with E-state index in [1.807, 2.05) is 0 Å². The highest BCUT2D eigenvalue weighted by Gasteiger charge is 2.43. The van der Waals surface area contributed by atoms with Crippen LogP contribution in [0.3, 0.4) is 0 Å². The van der Waals surface area contributed by atoms with Crippen LogP contribution in [0.25, 0.3) is 0 Å². The molecule has 0 spiro atoms. The number of carboxylic acids is 1. The largest absolute Gasteiger partial charge is 0.481 e. The molecule has 1 atom stereocenters. The molecule has 1 fully saturated rings. The molecule has 1 saturated carbocycles. The second-order valence-electron chi connectivity index (χ2n) is 5.30. The number of rotatable bonds is 5. The summed E-state index contributed by atoms with van der Waals surface area (Å²) in [6.45, 7) is 1.58. The van der Waals surface area contributed by atoms with Gasteiger partial charge in [-0.25, -0.2) is 4.79 Å². The molecular weight excluding hydrogens is 294 g/mol. The van der Waals surface area contributed by atoms with Gasteiger partial charge in [-0.2, -0.15) is 0 Å². The minimum Gasteiger partial charge on any atom is -0.481 e. The molecule has 0 radical (unpaired) electrons. The van der Waals surface area contributed by atoms with Crippen LogP contribution in [0.2, 0.25) is 5.02 Å². The lowest BCUT2D eigenvalue weighted by Gasteiger charge is -2.27. The number of hydrogen-bond donors (Lipinski definition) is 2. The number of benzene rings is 1. The predicted molar refractivity (Wildman–Crippen MR) is 78.5 cm³/mol. The van der Waals surface area contributed by atoms with Crippen molar-refractivity contribution in [2.24, 2.45) is 0 Å². The highest BCUT2D eigenvalue weighted by Crippen LogP contribution is 2.30. The topological polar surface area (TPSA) is 75.6 Å². The summed E-state index contributed by atoms with van der Waals surface area (Å²) in [4.78, 5) is 23.6. The zero-order valence-electron chi connectivity index (χ0n) is 11.8. The Balaban J connectivity index is 2.01. The van der Waals surface area contributed by atoms with Crippen LogP contribution in [-0.4, -0.2) is 28.6 Å². The SMILES string of the molecule is CC(Oc1cccc(Cl)c1)C(=O)NC1(C(=O)O)CCCC1. The first-order chi connectivity index (χ1) is 9.93. The van der Waals surface area contributed by atoms with E-state index in [1.165, 1.54) is 0 Å². The maximum Gasteiger partial charge on any atom is 0.329 e. The minimum atomic E-state index is -1.15. The van der Waals surface area contributed by atoms with Gasteiger partial charge in [-0.05, 0) is 38.0 Å². The number of carboxylic acid groups (broad SMARTS) is 1. The molecule has 1 aromatic rings. The molecule has 0 saturated heterocycles. The number of hydrogen-bond acceptors (Lipinski definition) is 3. The zero-order valence-corrected chi connectivity index (χ0v) is 12.5. The first kappa shape index (κ1) is 15.6. The molecule has 1 unspecified atom stereocenters. The van der Waals surface area contributed by atoms with Crippen LogP contribution in [0.5, 0.6) is 5.75 Å². The lowest BCUT2D eigenvalue weighted by atomic mass is 9.97. The van der Waals surface area contributed by atoms with Gasteiger partial charge in [0.25, 0.3) is 5.91 Å². The summed E-state index contributed by atoms with van der Waals surface area (Å²) in [5.74, 6) is -0.941. The molecule has 1 aliphatic rings. The van der Waals surface area contributed by atoms with Crippen molar-refractivity contribution in [3.8, 4) is 5.75 Å². The van der Waals surface area contributed by atoms with E-state index in [9.17, 15) is 14.7 Å². The van der Waals surface area contributed by atoms with E-state index >= 15 is 0 Å². The van der Waals surface area contributed by atoms with Gasteiger partial charge < -0.3 is 15.2 Å². The lowest BCUT2D eigenvalue weighted by Crippen LogP contribution is -2.55. The number of aliphatic carboxylic acids is 1. The van der Waals surface area contributed by atoms with Crippen LogP contribution in [0.4, 0.5) is 0 Å². The Morgan fingerprint density at radius 1 is 1.38 bits per heavy atom. The molecule has 114 valence electrons. The maximum atomic E-state index is 12.2. The quantitative estimate of drug-likeness (QED) is 0.876. The number of carbonyl (C=O) groups is 2. The molecule has 2 rings (SSSR count). The summed E-state index contributed by atoms with van der Waals surface area (Å²) in [6.07, 6.45) is 1.72. The van der Waals surface area contributed by atoms with E-state index in [0.29, 0.717) is 23.6 Å². The normalized spacial score (nSPS) is 18.0. The van der Waals surface area contributed by atoms with Gasteiger partial charge in [0.2, 0.25) is 0 Å². The first-order valence-electron chi connectivity index (χ1n) is 6.91. The third-order valence-corrected chi connectivity index (χ3v) is 3.94. The summed E-state index contributed by atoms with van der Waals surface area (Å²) in [5.41, 5.74) is -1.15. The lowest BCUT2D eigenvalue weighted by molar-refractivity contribution is -0.148. The smallest absolute Gasteiger partial charge is 0.329 e. The molecule has 0 heterocycles. The Morgan fingerprint density at radius 3 is 2.62 bits per heavy atom. The Hall–Kier alpha value is -1.75. The fourth-order valence-corrected chi connectivity index (χ4v) is 2.69. The van der Waals surface area contributed by atoms with Crippen LogP contribution in [0.15, 0.2) is 24.3 Å². The summed E-state index contributed by atoms with van der Waals surface area (Å²) in [7, 11) is 0. The van der Waals surface area contributed by atoms with Gasteiger partial charge in [0.15, 0.2) is 6.10 Å². The number of amides is 1. The molecule has 21 heavy (non-hydrogen) atoms. The maximum absolute atomic E-state index is 12.2. The number of ether oxygens (including phenoxy) is 1. The van der Waals surface area contributed by atoms with Crippen molar-refractivity contribution in [1.82, 2.24) is 5.32 Å². The van der Waals surface area contributed by atoms with Gasteiger partial charge >= 0.3 is 5.97 Å².